The zero-order valence-electron chi connectivity index (χ0n) is 11.9. The second-order valence-corrected chi connectivity index (χ2v) is 6.61. The van der Waals surface area contributed by atoms with Gasteiger partial charge in [0.05, 0.1) is 5.56 Å². The van der Waals surface area contributed by atoms with Crippen molar-refractivity contribution in [2.75, 3.05) is 30.0 Å². The van der Waals surface area contributed by atoms with Crippen molar-refractivity contribution < 1.29 is 14.7 Å². The second kappa shape index (κ2) is 5.60. The van der Waals surface area contributed by atoms with Crippen LogP contribution in [0, 0.1) is 0 Å². The van der Waals surface area contributed by atoms with Crippen LogP contribution in [0.3, 0.4) is 0 Å². The summed E-state index contributed by atoms with van der Waals surface area (Å²) in [4.78, 5) is 27.2. The molecule has 5 nitrogen and oxygen atoms in total. The number of aromatic carboxylic acids is 1. The molecule has 2 aliphatic rings. The molecular formula is C15H18N2O3S. The quantitative estimate of drug-likeness (QED) is 0.911. The number of carbonyl (C=O) groups excluding carboxylic acids is 1. The van der Waals surface area contributed by atoms with E-state index >= 15 is 0 Å². The molecule has 1 saturated heterocycles. The first kappa shape index (κ1) is 14.3. The van der Waals surface area contributed by atoms with E-state index in [1.54, 1.807) is 23.1 Å². The van der Waals surface area contributed by atoms with E-state index in [1.165, 1.54) is 0 Å². The summed E-state index contributed by atoms with van der Waals surface area (Å²) in [5, 5.41) is 9.03. The Bertz CT molecular complexity index is 584. The van der Waals surface area contributed by atoms with Crippen molar-refractivity contribution in [1.29, 1.82) is 0 Å². The Balaban J connectivity index is 1.80. The first-order valence-electron chi connectivity index (χ1n) is 7.06. The molecule has 1 N–H and O–H groups in total. The molecule has 112 valence electrons. The third kappa shape index (κ3) is 2.60. The van der Waals surface area contributed by atoms with E-state index in [-0.39, 0.29) is 11.6 Å². The fourth-order valence-electron chi connectivity index (χ4n) is 2.91. The van der Waals surface area contributed by atoms with Gasteiger partial charge < -0.3 is 10.0 Å². The molecule has 2 amide bonds. The molecule has 2 heterocycles. The van der Waals surface area contributed by atoms with Gasteiger partial charge in [0.2, 0.25) is 0 Å². The average Bonchev–Trinajstić information content (AvgIpc) is 3.14. The Morgan fingerprint density at radius 2 is 2.24 bits per heavy atom. The molecule has 1 aromatic carbocycles. The lowest BCUT2D eigenvalue weighted by Gasteiger charge is -2.29. The van der Waals surface area contributed by atoms with Crippen LogP contribution in [0.5, 0.6) is 0 Å². The summed E-state index contributed by atoms with van der Waals surface area (Å²) in [6.45, 7) is 0.626. The number of fused-ring (bicyclic) bond motifs is 1. The summed E-state index contributed by atoms with van der Waals surface area (Å²) in [6.07, 6.45) is 1.76. The standard InChI is InChI=1S/C15H18N2O3S/c1-16(12-5-7-21-9-12)15(20)17-6-4-10-8-11(14(18)19)2-3-13(10)17/h2-3,8,12H,4-7,9H2,1H3,(H,18,19). The van der Waals surface area contributed by atoms with Crippen LogP contribution in [0.1, 0.15) is 22.3 Å². The van der Waals surface area contributed by atoms with Gasteiger partial charge in [-0.15, -0.1) is 0 Å². The molecule has 3 rings (SSSR count). The SMILES string of the molecule is CN(C(=O)N1CCc2cc(C(=O)O)ccc21)C1CCSC1. The molecule has 6 heteroatoms. The molecule has 0 aromatic heterocycles. The molecule has 2 aliphatic heterocycles. The van der Waals surface area contributed by atoms with Crippen LogP contribution in [-0.4, -0.2) is 53.1 Å². The minimum atomic E-state index is -0.928. The van der Waals surface area contributed by atoms with Crippen molar-refractivity contribution >= 4 is 29.4 Å². The van der Waals surface area contributed by atoms with Gasteiger partial charge in [0, 0.05) is 31.1 Å². The Kier molecular flexibility index (Phi) is 3.80. The number of hydrogen-bond donors (Lipinski definition) is 1. The number of hydrogen-bond acceptors (Lipinski definition) is 3. The Morgan fingerprint density at radius 3 is 2.90 bits per heavy atom. The summed E-state index contributed by atoms with van der Waals surface area (Å²) in [6, 6.07) is 5.32. The number of amides is 2. The molecule has 0 aliphatic carbocycles. The highest BCUT2D eigenvalue weighted by Gasteiger charge is 2.31. The first-order valence-corrected chi connectivity index (χ1v) is 8.21. The number of nitrogens with zero attached hydrogens (tertiary/aromatic N) is 2. The Hall–Kier alpha value is -1.69. The third-order valence-electron chi connectivity index (χ3n) is 4.21. The van der Waals surface area contributed by atoms with Crippen LogP contribution in [0.15, 0.2) is 18.2 Å². The topological polar surface area (TPSA) is 60.9 Å². The van der Waals surface area contributed by atoms with Crippen LogP contribution in [0.25, 0.3) is 0 Å². The molecular weight excluding hydrogens is 288 g/mol. The number of rotatable bonds is 2. The van der Waals surface area contributed by atoms with E-state index in [9.17, 15) is 9.59 Å². The molecule has 1 unspecified atom stereocenters. The number of carbonyl (C=O) groups is 2. The van der Waals surface area contributed by atoms with E-state index < -0.39 is 5.97 Å². The van der Waals surface area contributed by atoms with Crippen molar-refractivity contribution in [3.8, 4) is 0 Å². The number of anilines is 1. The van der Waals surface area contributed by atoms with Crippen LogP contribution in [-0.2, 0) is 6.42 Å². The number of carboxylic acid groups (broad SMARTS) is 1. The van der Waals surface area contributed by atoms with Crippen molar-refractivity contribution in [2.45, 2.75) is 18.9 Å². The van der Waals surface area contributed by atoms with Gasteiger partial charge in [-0.25, -0.2) is 9.59 Å². The maximum Gasteiger partial charge on any atom is 0.335 e. The van der Waals surface area contributed by atoms with Crippen LogP contribution in [0.2, 0.25) is 0 Å². The molecule has 1 fully saturated rings. The maximum atomic E-state index is 12.6. The van der Waals surface area contributed by atoms with Crippen LogP contribution in [0.4, 0.5) is 10.5 Å². The molecule has 1 aromatic rings. The van der Waals surface area contributed by atoms with Crippen molar-refractivity contribution in [2.24, 2.45) is 0 Å². The number of thioether (sulfide) groups is 1. The zero-order chi connectivity index (χ0) is 15.0. The lowest BCUT2D eigenvalue weighted by molar-refractivity contribution is 0.0697. The minimum absolute atomic E-state index is 0.0179. The van der Waals surface area contributed by atoms with Crippen LogP contribution >= 0.6 is 11.8 Å². The molecule has 0 saturated carbocycles. The van der Waals surface area contributed by atoms with Crippen molar-refractivity contribution in [3.63, 3.8) is 0 Å². The van der Waals surface area contributed by atoms with E-state index in [2.05, 4.69) is 0 Å². The van der Waals surface area contributed by atoms with E-state index in [0.29, 0.717) is 12.6 Å². The largest absolute Gasteiger partial charge is 0.478 e. The molecule has 0 bridgehead atoms. The lowest BCUT2D eigenvalue weighted by Crippen LogP contribution is -2.45. The normalized spacial score (nSPS) is 20.4. The summed E-state index contributed by atoms with van der Waals surface area (Å²) in [5.41, 5.74) is 2.07. The Morgan fingerprint density at radius 1 is 1.43 bits per heavy atom. The van der Waals surface area contributed by atoms with Gasteiger partial charge in [-0.05, 0) is 42.4 Å². The molecule has 21 heavy (non-hydrogen) atoms. The highest BCUT2D eigenvalue weighted by atomic mass is 32.2. The smallest absolute Gasteiger partial charge is 0.335 e. The summed E-state index contributed by atoms with van der Waals surface area (Å²) < 4.78 is 0. The first-order chi connectivity index (χ1) is 10.1. The second-order valence-electron chi connectivity index (χ2n) is 5.46. The molecule has 0 radical (unpaired) electrons. The van der Waals surface area contributed by atoms with E-state index in [4.69, 9.17) is 5.11 Å². The third-order valence-corrected chi connectivity index (χ3v) is 5.35. The lowest BCUT2D eigenvalue weighted by atomic mass is 10.1. The summed E-state index contributed by atoms with van der Waals surface area (Å²) in [7, 11) is 1.86. The fraction of sp³-hybridized carbons (Fsp3) is 0.467. The van der Waals surface area contributed by atoms with Crippen LogP contribution < -0.4 is 4.90 Å². The fourth-order valence-corrected chi connectivity index (χ4v) is 4.18. The zero-order valence-corrected chi connectivity index (χ0v) is 12.7. The van der Waals surface area contributed by atoms with E-state index in [1.807, 2.05) is 23.7 Å². The van der Waals surface area contributed by atoms with Gasteiger partial charge in [0.25, 0.3) is 0 Å². The monoisotopic (exact) mass is 306 g/mol. The van der Waals surface area contributed by atoms with Crippen molar-refractivity contribution in [1.82, 2.24) is 4.90 Å². The predicted octanol–water partition coefficient (Wildman–Crippen LogP) is 2.30. The maximum absolute atomic E-state index is 12.6. The summed E-state index contributed by atoms with van der Waals surface area (Å²) >= 11 is 1.88. The number of urea groups is 1. The molecule has 0 spiro atoms. The number of benzene rings is 1. The highest BCUT2D eigenvalue weighted by molar-refractivity contribution is 7.99. The number of carboxylic acids is 1. The van der Waals surface area contributed by atoms with Gasteiger partial charge in [-0.1, -0.05) is 0 Å². The van der Waals surface area contributed by atoms with Gasteiger partial charge in [-0.2, -0.15) is 11.8 Å². The van der Waals surface area contributed by atoms with Gasteiger partial charge in [0.15, 0.2) is 0 Å². The van der Waals surface area contributed by atoms with Gasteiger partial charge >= 0.3 is 12.0 Å². The molecule has 1 atom stereocenters. The van der Waals surface area contributed by atoms with Gasteiger partial charge in [-0.3, -0.25) is 4.90 Å². The Labute approximate surface area is 127 Å². The predicted molar refractivity (Wildman–Crippen MR) is 83.3 cm³/mol. The van der Waals surface area contributed by atoms with E-state index in [0.717, 1.165) is 35.6 Å². The van der Waals surface area contributed by atoms with Crippen molar-refractivity contribution in [3.05, 3.63) is 29.3 Å². The van der Waals surface area contributed by atoms with Gasteiger partial charge in [0.1, 0.15) is 0 Å². The average molecular weight is 306 g/mol. The highest BCUT2D eigenvalue weighted by Crippen LogP contribution is 2.31. The minimum Gasteiger partial charge on any atom is -0.478 e. The summed E-state index contributed by atoms with van der Waals surface area (Å²) in [5.74, 6) is 1.18.